The lowest BCUT2D eigenvalue weighted by atomic mass is 9.49. The van der Waals surface area contributed by atoms with E-state index in [4.69, 9.17) is 0 Å². The molecule has 4 bridgehead atoms. The van der Waals surface area contributed by atoms with E-state index in [1.807, 2.05) is 18.5 Å². The summed E-state index contributed by atoms with van der Waals surface area (Å²) in [7, 11) is 0. The standard InChI is InChI=1S/C20H26N2O/c23-19(22-12-18(13-22)17-2-1-3-21-11-17)10-20-7-14-4-15(8-20)6-16(5-14)9-20/h1-3,11,14-16,18H,4-10,12-13H2. The van der Waals surface area contributed by atoms with Crippen LogP contribution in [0.4, 0.5) is 0 Å². The molecule has 122 valence electrons. The number of hydrogen-bond donors (Lipinski definition) is 0. The number of likely N-dealkylation sites (tertiary alicyclic amines) is 1. The minimum atomic E-state index is 0.380. The zero-order valence-corrected chi connectivity index (χ0v) is 13.8. The van der Waals surface area contributed by atoms with Gasteiger partial charge in [0, 0.05) is 37.8 Å². The van der Waals surface area contributed by atoms with Gasteiger partial charge in [-0.1, -0.05) is 6.07 Å². The highest BCUT2D eigenvalue weighted by Crippen LogP contribution is 2.61. The van der Waals surface area contributed by atoms with Gasteiger partial charge < -0.3 is 4.90 Å². The Morgan fingerprint density at radius 3 is 2.35 bits per heavy atom. The van der Waals surface area contributed by atoms with Crippen molar-refractivity contribution >= 4 is 5.91 Å². The monoisotopic (exact) mass is 310 g/mol. The van der Waals surface area contributed by atoms with E-state index < -0.39 is 0 Å². The van der Waals surface area contributed by atoms with Crippen molar-refractivity contribution in [3.8, 4) is 0 Å². The highest BCUT2D eigenvalue weighted by atomic mass is 16.2. The molecule has 3 nitrogen and oxygen atoms in total. The summed E-state index contributed by atoms with van der Waals surface area (Å²) >= 11 is 0. The van der Waals surface area contributed by atoms with Crippen LogP contribution in [-0.4, -0.2) is 28.9 Å². The average Bonchev–Trinajstić information content (AvgIpc) is 2.44. The third-order valence-corrected chi connectivity index (χ3v) is 7.08. The van der Waals surface area contributed by atoms with Crippen LogP contribution >= 0.6 is 0 Å². The Morgan fingerprint density at radius 1 is 1.13 bits per heavy atom. The van der Waals surface area contributed by atoms with E-state index in [0.717, 1.165) is 37.3 Å². The molecule has 4 aliphatic carbocycles. The second-order valence-corrected chi connectivity index (χ2v) is 8.88. The van der Waals surface area contributed by atoms with Crippen LogP contribution in [0, 0.1) is 23.2 Å². The number of hydrogen-bond acceptors (Lipinski definition) is 2. The third kappa shape index (κ3) is 2.40. The minimum Gasteiger partial charge on any atom is -0.341 e. The molecule has 0 spiro atoms. The van der Waals surface area contributed by atoms with Gasteiger partial charge in [-0.25, -0.2) is 0 Å². The number of rotatable bonds is 3. The van der Waals surface area contributed by atoms with Gasteiger partial charge >= 0.3 is 0 Å². The molecule has 0 radical (unpaired) electrons. The topological polar surface area (TPSA) is 33.2 Å². The van der Waals surface area contributed by atoms with Crippen molar-refractivity contribution in [1.82, 2.24) is 9.88 Å². The zero-order valence-electron chi connectivity index (χ0n) is 13.8. The first-order valence-corrected chi connectivity index (χ1v) is 9.37. The predicted molar refractivity (Wildman–Crippen MR) is 88.8 cm³/mol. The molecule has 2 heterocycles. The maximum atomic E-state index is 12.8. The third-order valence-electron chi connectivity index (χ3n) is 7.08. The first-order valence-electron chi connectivity index (χ1n) is 9.37. The number of pyridine rings is 1. The van der Waals surface area contributed by atoms with Gasteiger partial charge in [0.1, 0.15) is 0 Å². The van der Waals surface area contributed by atoms with Crippen LogP contribution in [0.15, 0.2) is 24.5 Å². The molecule has 5 fully saturated rings. The zero-order chi connectivity index (χ0) is 15.4. The molecule has 3 heteroatoms. The van der Waals surface area contributed by atoms with E-state index in [9.17, 15) is 4.79 Å². The Kier molecular flexibility index (Phi) is 3.08. The molecule has 1 aliphatic heterocycles. The molecule has 1 aromatic rings. The van der Waals surface area contributed by atoms with Crippen molar-refractivity contribution in [1.29, 1.82) is 0 Å². The molecular formula is C20H26N2O. The van der Waals surface area contributed by atoms with Crippen molar-refractivity contribution in [2.24, 2.45) is 23.2 Å². The molecule has 1 amide bonds. The highest BCUT2D eigenvalue weighted by molar-refractivity contribution is 5.78. The average molecular weight is 310 g/mol. The number of nitrogens with zero attached hydrogens (tertiary/aromatic N) is 2. The molecule has 4 saturated carbocycles. The lowest BCUT2D eigenvalue weighted by molar-refractivity contribution is -0.143. The van der Waals surface area contributed by atoms with Crippen LogP contribution in [-0.2, 0) is 4.79 Å². The fraction of sp³-hybridized carbons (Fsp3) is 0.700. The maximum Gasteiger partial charge on any atom is 0.223 e. The van der Waals surface area contributed by atoms with E-state index in [-0.39, 0.29) is 0 Å². The fourth-order valence-corrected chi connectivity index (χ4v) is 6.45. The largest absolute Gasteiger partial charge is 0.341 e. The van der Waals surface area contributed by atoms with Gasteiger partial charge in [0.2, 0.25) is 5.91 Å². The van der Waals surface area contributed by atoms with Gasteiger partial charge in [-0.05, 0) is 73.3 Å². The van der Waals surface area contributed by atoms with E-state index in [1.165, 1.54) is 44.1 Å². The van der Waals surface area contributed by atoms with Gasteiger partial charge in [-0.3, -0.25) is 9.78 Å². The summed E-state index contributed by atoms with van der Waals surface area (Å²) in [6, 6.07) is 4.13. The van der Waals surface area contributed by atoms with Crippen LogP contribution in [0.25, 0.3) is 0 Å². The van der Waals surface area contributed by atoms with Crippen molar-refractivity contribution in [3.05, 3.63) is 30.1 Å². The van der Waals surface area contributed by atoms with E-state index in [1.54, 1.807) is 0 Å². The Balaban J connectivity index is 1.22. The molecule has 1 aromatic heterocycles. The van der Waals surface area contributed by atoms with Gasteiger partial charge in [0.25, 0.3) is 0 Å². The molecule has 1 saturated heterocycles. The normalized spacial score (nSPS) is 38.6. The fourth-order valence-electron chi connectivity index (χ4n) is 6.45. The molecule has 23 heavy (non-hydrogen) atoms. The lowest BCUT2D eigenvalue weighted by Gasteiger charge is -2.57. The summed E-state index contributed by atoms with van der Waals surface area (Å²) in [5, 5.41) is 0. The Labute approximate surface area is 138 Å². The highest BCUT2D eigenvalue weighted by Gasteiger charge is 2.52. The smallest absolute Gasteiger partial charge is 0.223 e. The summed E-state index contributed by atoms with van der Waals surface area (Å²) in [4.78, 5) is 19.1. The van der Waals surface area contributed by atoms with Crippen molar-refractivity contribution in [2.75, 3.05) is 13.1 Å². The van der Waals surface area contributed by atoms with Crippen LogP contribution in [0.3, 0.4) is 0 Å². The van der Waals surface area contributed by atoms with Gasteiger partial charge in [0.15, 0.2) is 0 Å². The number of amides is 1. The SMILES string of the molecule is O=C(CC12CC3CC(CC(C3)C1)C2)N1CC(c2cccnc2)C1. The second kappa shape index (κ2) is 5.06. The van der Waals surface area contributed by atoms with E-state index >= 15 is 0 Å². The molecule has 6 rings (SSSR count). The summed E-state index contributed by atoms with van der Waals surface area (Å²) in [5.74, 6) is 3.74. The minimum absolute atomic E-state index is 0.380. The lowest BCUT2D eigenvalue weighted by Crippen LogP contribution is -2.52. The molecular weight excluding hydrogens is 284 g/mol. The van der Waals surface area contributed by atoms with Gasteiger partial charge in [-0.15, -0.1) is 0 Å². The molecule has 0 unspecified atom stereocenters. The first-order chi connectivity index (χ1) is 11.2. The van der Waals surface area contributed by atoms with Crippen molar-refractivity contribution < 1.29 is 4.79 Å². The van der Waals surface area contributed by atoms with Crippen LogP contribution in [0.1, 0.15) is 56.4 Å². The summed E-state index contributed by atoms with van der Waals surface area (Å²) in [6.07, 6.45) is 13.0. The van der Waals surface area contributed by atoms with Crippen LogP contribution in [0.5, 0.6) is 0 Å². The van der Waals surface area contributed by atoms with Crippen LogP contribution in [0.2, 0.25) is 0 Å². The van der Waals surface area contributed by atoms with Gasteiger partial charge in [-0.2, -0.15) is 0 Å². The maximum absolute atomic E-state index is 12.8. The Morgan fingerprint density at radius 2 is 1.78 bits per heavy atom. The van der Waals surface area contributed by atoms with E-state index in [0.29, 0.717) is 17.2 Å². The summed E-state index contributed by atoms with van der Waals surface area (Å²) in [6.45, 7) is 1.80. The van der Waals surface area contributed by atoms with E-state index in [2.05, 4.69) is 16.0 Å². The predicted octanol–water partition coefficient (Wildman–Crippen LogP) is 3.61. The number of carbonyl (C=O) groups excluding carboxylic acids is 1. The first kappa shape index (κ1) is 14.0. The second-order valence-electron chi connectivity index (χ2n) is 8.88. The number of aromatic nitrogens is 1. The Hall–Kier alpha value is -1.38. The molecule has 0 atom stereocenters. The molecule has 0 N–H and O–H groups in total. The Bertz CT molecular complexity index is 570. The van der Waals surface area contributed by atoms with Gasteiger partial charge in [0.05, 0.1) is 0 Å². The number of carbonyl (C=O) groups is 1. The summed E-state index contributed by atoms with van der Waals surface area (Å²) in [5.41, 5.74) is 1.66. The molecule has 5 aliphatic rings. The summed E-state index contributed by atoms with van der Waals surface area (Å²) < 4.78 is 0. The quantitative estimate of drug-likeness (QED) is 0.854. The van der Waals surface area contributed by atoms with Crippen molar-refractivity contribution in [3.63, 3.8) is 0 Å². The van der Waals surface area contributed by atoms with Crippen molar-refractivity contribution in [2.45, 2.75) is 50.9 Å². The van der Waals surface area contributed by atoms with Crippen LogP contribution < -0.4 is 0 Å². The molecule has 0 aromatic carbocycles.